The molecule has 1 heterocycles. The average molecular weight is 262 g/mol. The van der Waals surface area contributed by atoms with Crippen LogP contribution in [-0.4, -0.2) is 56.0 Å². The molecule has 1 aliphatic rings. The highest BCUT2D eigenvalue weighted by atomic mass is 16.5. The van der Waals surface area contributed by atoms with Gasteiger partial charge in [-0.1, -0.05) is 0 Å². The lowest BCUT2D eigenvalue weighted by molar-refractivity contribution is 0.0663. The molecule has 1 amide bonds. The van der Waals surface area contributed by atoms with E-state index in [1.807, 2.05) is 30.9 Å². The maximum Gasteiger partial charge on any atom is 0.254 e. The minimum atomic E-state index is 0.136. The molecule has 1 aromatic carbocycles. The van der Waals surface area contributed by atoms with Crippen LogP contribution in [0.15, 0.2) is 12.1 Å². The zero-order valence-corrected chi connectivity index (χ0v) is 12.2. The Kier molecular flexibility index (Phi) is 4.10. The Morgan fingerprint density at radius 2 is 1.74 bits per heavy atom. The summed E-state index contributed by atoms with van der Waals surface area (Å²) in [7, 11) is 3.74. The van der Waals surface area contributed by atoms with Crippen molar-refractivity contribution in [2.24, 2.45) is 0 Å². The predicted octanol–water partition coefficient (Wildman–Crippen LogP) is 1.70. The number of hydrogen-bond donors (Lipinski definition) is 0. The van der Waals surface area contributed by atoms with Crippen LogP contribution in [0.1, 0.15) is 21.5 Å². The topological polar surface area (TPSA) is 32.8 Å². The summed E-state index contributed by atoms with van der Waals surface area (Å²) < 4.78 is 5.29. The standard InChI is InChI=1S/C15H22N2O2/c1-11-10-14(19-4)12(2)9-13(11)15(18)17-7-5-16(3)6-8-17/h9-10H,5-8H2,1-4H3. The Labute approximate surface area is 115 Å². The van der Waals surface area contributed by atoms with Crippen molar-refractivity contribution >= 4 is 5.91 Å². The molecule has 104 valence electrons. The number of piperazine rings is 1. The van der Waals surface area contributed by atoms with Crippen LogP contribution in [0.25, 0.3) is 0 Å². The van der Waals surface area contributed by atoms with Crippen molar-refractivity contribution < 1.29 is 9.53 Å². The van der Waals surface area contributed by atoms with Crippen molar-refractivity contribution in [3.05, 3.63) is 28.8 Å². The van der Waals surface area contributed by atoms with Crippen molar-refractivity contribution in [3.8, 4) is 5.75 Å². The van der Waals surface area contributed by atoms with Gasteiger partial charge in [-0.2, -0.15) is 0 Å². The monoisotopic (exact) mass is 262 g/mol. The van der Waals surface area contributed by atoms with E-state index in [1.54, 1.807) is 7.11 Å². The second-order valence-electron chi connectivity index (χ2n) is 5.23. The van der Waals surface area contributed by atoms with Crippen LogP contribution >= 0.6 is 0 Å². The van der Waals surface area contributed by atoms with E-state index in [-0.39, 0.29) is 5.91 Å². The second-order valence-corrected chi connectivity index (χ2v) is 5.23. The maximum absolute atomic E-state index is 12.5. The van der Waals surface area contributed by atoms with Crippen molar-refractivity contribution in [1.82, 2.24) is 9.80 Å². The molecular weight excluding hydrogens is 240 g/mol. The minimum Gasteiger partial charge on any atom is -0.496 e. The zero-order chi connectivity index (χ0) is 14.0. The maximum atomic E-state index is 12.5. The van der Waals surface area contributed by atoms with Crippen molar-refractivity contribution in [1.29, 1.82) is 0 Å². The van der Waals surface area contributed by atoms with Gasteiger partial charge in [0.15, 0.2) is 0 Å². The molecule has 0 bridgehead atoms. The first-order valence-electron chi connectivity index (χ1n) is 6.66. The second kappa shape index (κ2) is 5.61. The zero-order valence-electron chi connectivity index (χ0n) is 12.2. The Morgan fingerprint density at radius 3 is 2.32 bits per heavy atom. The molecule has 0 saturated carbocycles. The van der Waals surface area contributed by atoms with Gasteiger partial charge in [-0.05, 0) is 44.2 Å². The fourth-order valence-electron chi connectivity index (χ4n) is 2.42. The first kappa shape index (κ1) is 13.9. The van der Waals surface area contributed by atoms with Crippen LogP contribution in [0.4, 0.5) is 0 Å². The number of carbonyl (C=O) groups excluding carboxylic acids is 1. The molecule has 2 rings (SSSR count). The van der Waals surface area contributed by atoms with Gasteiger partial charge in [0.05, 0.1) is 7.11 Å². The number of carbonyl (C=O) groups is 1. The molecule has 0 unspecified atom stereocenters. The predicted molar refractivity (Wildman–Crippen MR) is 75.9 cm³/mol. The van der Waals surface area contributed by atoms with Gasteiger partial charge < -0.3 is 14.5 Å². The summed E-state index contributed by atoms with van der Waals surface area (Å²) in [5.74, 6) is 0.976. The lowest BCUT2D eigenvalue weighted by Crippen LogP contribution is -2.47. The molecular formula is C15H22N2O2. The number of benzene rings is 1. The Morgan fingerprint density at radius 1 is 1.11 bits per heavy atom. The molecule has 4 heteroatoms. The molecule has 0 atom stereocenters. The summed E-state index contributed by atoms with van der Waals surface area (Å²) in [6, 6.07) is 3.88. The van der Waals surface area contributed by atoms with Gasteiger partial charge in [0, 0.05) is 31.7 Å². The van der Waals surface area contributed by atoms with Crippen molar-refractivity contribution in [2.45, 2.75) is 13.8 Å². The van der Waals surface area contributed by atoms with Crippen molar-refractivity contribution in [2.75, 3.05) is 40.3 Å². The molecule has 4 nitrogen and oxygen atoms in total. The SMILES string of the molecule is COc1cc(C)c(C(=O)N2CCN(C)CC2)cc1C. The van der Waals surface area contributed by atoms with Gasteiger partial charge in [0.2, 0.25) is 0 Å². The quantitative estimate of drug-likeness (QED) is 0.813. The molecule has 0 aliphatic carbocycles. The van der Waals surface area contributed by atoms with Crippen LogP contribution in [-0.2, 0) is 0 Å². The first-order chi connectivity index (χ1) is 9.02. The minimum absolute atomic E-state index is 0.136. The van der Waals surface area contributed by atoms with E-state index in [9.17, 15) is 4.79 Å². The number of amides is 1. The Hall–Kier alpha value is -1.55. The lowest BCUT2D eigenvalue weighted by Gasteiger charge is -2.32. The van der Waals surface area contributed by atoms with Gasteiger partial charge in [-0.25, -0.2) is 0 Å². The molecule has 0 spiro atoms. The van der Waals surface area contributed by atoms with Gasteiger partial charge in [0.1, 0.15) is 5.75 Å². The van der Waals surface area contributed by atoms with Gasteiger partial charge >= 0.3 is 0 Å². The molecule has 19 heavy (non-hydrogen) atoms. The number of ether oxygens (including phenoxy) is 1. The number of methoxy groups -OCH3 is 1. The molecule has 0 aromatic heterocycles. The Bertz CT molecular complexity index is 477. The van der Waals surface area contributed by atoms with Gasteiger partial charge in [0.25, 0.3) is 5.91 Å². The number of aryl methyl sites for hydroxylation is 2. The lowest BCUT2D eigenvalue weighted by atomic mass is 10.0. The van der Waals surface area contributed by atoms with E-state index in [4.69, 9.17) is 4.74 Å². The van der Waals surface area contributed by atoms with Gasteiger partial charge in [-0.15, -0.1) is 0 Å². The number of nitrogens with zero attached hydrogens (tertiary/aromatic N) is 2. The highest BCUT2D eigenvalue weighted by Gasteiger charge is 2.22. The summed E-state index contributed by atoms with van der Waals surface area (Å²) in [6.45, 7) is 7.43. The molecule has 0 radical (unpaired) electrons. The van der Waals surface area contributed by atoms with Crippen LogP contribution in [0.2, 0.25) is 0 Å². The van der Waals surface area contributed by atoms with E-state index in [1.165, 1.54) is 0 Å². The summed E-state index contributed by atoms with van der Waals surface area (Å²) >= 11 is 0. The fraction of sp³-hybridized carbons (Fsp3) is 0.533. The Balaban J connectivity index is 2.22. The summed E-state index contributed by atoms with van der Waals surface area (Å²) in [5.41, 5.74) is 2.78. The van der Waals surface area contributed by atoms with E-state index < -0.39 is 0 Å². The molecule has 1 aromatic rings. The first-order valence-corrected chi connectivity index (χ1v) is 6.66. The highest BCUT2D eigenvalue weighted by Crippen LogP contribution is 2.23. The van der Waals surface area contributed by atoms with Crippen molar-refractivity contribution in [3.63, 3.8) is 0 Å². The van der Waals surface area contributed by atoms with Gasteiger partial charge in [-0.3, -0.25) is 4.79 Å². The average Bonchev–Trinajstić information content (AvgIpc) is 2.41. The highest BCUT2D eigenvalue weighted by molar-refractivity contribution is 5.96. The third-order valence-electron chi connectivity index (χ3n) is 3.76. The third kappa shape index (κ3) is 2.89. The van der Waals surface area contributed by atoms with Crippen LogP contribution in [0.3, 0.4) is 0 Å². The molecule has 1 fully saturated rings. The molecule has 1 saturated heterocycles. The number of hydrogen-bond acceptors (Lipinski definition) is 3. The van der Waals surface area contributed by atoms with E-state index in [0.717, 1.165) is 48.6 Å². The number of likely N-dealkylation sites (N-methyl/N-ethyl adjacent to an activating group) is 1. The third-order valence-corrected chi connectivity index (χ3v) is 3.76. The largest absolute Gasteiger partial charge is 0.496 e. The molecule has 0 N–H and O–H groups in total. The summed E-state index contributed by atoms with van der Waals surface area (Å²) in [4.78, 5) is 16.7. The number of rotatable bonds is 2. The van der Waals surface area contributed by atoms with Crippen LogP contribution in [0, 0.1) is 13.8 Å². The fourth-order valence-corrected chi connectivity index (χ4v) is 2.42. The van der Waals surface area contributed by atoms with E-state index in [0.29, 0.717) is 0 Å². The summed E-state index contributed by atoms with van der Waals surface area (Å²) in [5, 5.41) is 0. The smallest absolute Gasteiger partial charge is 0.254 e. The molecule has 1 aliphatic heterocycles. The van der Waals surface area contributed by atoms with E-state index in [2.05, 4.69) is 11.9 Å². The van der Waals surface area contributed by atoms with Crippen LogP contribution in [0.5, 0.6) is 5.75 Å². The van der Waals surface area contributed by atoms with Crippen LogP contribution < -0.4 is 4.74 Å². The van der Waals surface area contributed by atoms with E-state index >= 15 is 0 Å². The summed E-state index contributed by atoms with van der Waals surface area (Å²) in [6.07, 6.45) is 0. The normalized spacial score (nSPS) is 16.5.